The molecule has 0 radical (unpaired) electrons. The Morgan fingerprint density at radius 3 is 2.47 bits per heavy atom. The number of carbonyl (C=O) groups is 1. The zero-order chi connectivity index (χ0) is 11.6. The summed E-state index contributed by atoms with van der Waals surface area (Å²) in [6, 6.07) is 3.52. The monoisotopic (exact) mass is 231 g/mol. The highest BCUT2D eigenvalue weighted by Gasteiger charge is 2.16. The van der Waals surface area contributed by atoms with Gasteiger partial charge in [-0.25, -0.2) is 12.8 Å². The molecule has 0 N–H and O–H groups in total. The molecule has 1 aromatic carbocycles. The van der Waals surface area contributed by atoms with E-state index in [9.17, 15) is 17.6 Å². The number of sulfonamides is 1. The molecule has 0 saturated heterocycles. The van der Waals surface area contributed by atoms with Gasteiger partial charge in [0, 0.05) is 12.6 Å². The van der Waals surface area contributed by atoms with Crippen LogP contribution in [0.5, 0.6) is 0 Å². The van der Waals surface area contributed by atoms with E-state index in [-0.39, 0.29) is 11.3 Å². The van der Waals surface area contributed by atoms with Crippen molar-refractivity contribution in [3.8, 4) is 0 Å². The molecule has 0 unspecified atom stereocenters. The van der Waals surface area contributed by atoms with E-state index in [0.717, 1.165) is 16.6 Å². The zero-order valence-electron chi connectivity index (χ0n) is 8.27. The van der Waals surface area contributed by atoms with E-state index in [0.29, 0.717) is 6.29 Å². The van der Waals surface area contributed by atoms with Gasteiger partial charge >= 0.3 is 0 Å². The molecule has 0 bridgehead atoms. The lowest BCUT2D eigenvalue weighted by molar-refractivity contribution is 0.112. The highest BCUT2D eigenvalue weighted by atomic mass is 32.2. The van der Waals surface area contributed by atoms with Crippen molar-refractivity contribution in [2.24, 2.45) is 0 Å². The molecule has 0 fully saturated rings. The second-order valence-electron chi connectivity index (χ2n) is 3.06. The van der Waals surface area contributed by atoms with Crippen LogP contribution in [0.1, 0.15) is 10.4 Å². The van der Waals surface area contributed by atoms with Crippen molar-refractivity contribution in [1.82, 2.24) is 0 Å². The van der Waals surface area contributed by atoms with Gasteiger partial charge in [0.15, 0.2) is 0 Å². The van der Waals surface area contributed by atoms with Crippen LogP contribution in [0.25, 0.3) is 0 Å². The molecule has 0 aliphatic carbocycles. The largest absolute Gasteiger partial charge is 0.298 e. The number of rotatable bonds is 3. The average molecular weight is 231 g/mol. The molecular formula is C9H10FNO3S. The Morgan fingerprint density at radius 1 is 1.40 bits per heavy atom. The van der Waals surface area contributed by atoms with Crippen molar-refractivity contribution in [1.29, 1.82) is 0 Å². The molecule has 0 atom stereocenters. The lowest BCUT2D eigenvalue weighted by Gasteiger charge is -2.17. The molecule has 6 heteroatoms. The van der Waals surface area contributed by atoms with Crippen LogP contribution < -0.4 is 4.31 Å². The number of hydrogen-bond donors (Lipinski definition) is 0. The van der Waals surface area contributed by atoms with E-state index < -0.39 is 15.8 Å². The second kappa shape index (κ2) is 3.98. The van der Waals surface area contributed by atoms with Gasteiger partial charge in [0.05, 0.1) is 11.9 Å². The van der Waals surface area contributed by atoms with E-state index in [1.165, 1.54) is 19.2 Å². The lowest BCUT2D eigenvalue weighted by Crippen LogP contribution is -2.25. The minimum Gasteiger partial charge on any atom is -0.298 e. The number of hydrogen-bond acceptors (Lipinski definition) is 3. The number of carbonyl (C=O) groups excluding carboxylic acids is 1. The third-order valence-corrected chi connectivity index (χ3v) is 3.13. The molecule has 0 aliphatic heterocycles. The van der Waals surface area contributed by atoms with Gasteiger partial charge in [0.25, 0.3) is 0 Å². The third kappa shape index (κ3) is 2.53. The van der Waals surface area contributed by atoms with Gasteiger partial charge in [-0.3, -0.25) is 9.10 Å². The second-order valence-corrected chi connectivity index (χ2v) is 5.07. The Bertz CT molecular complexity index is 484. The van der Waals surface area contributed by atoms with Crippen molar-refractivity contribution in [3.05, 3.63) is 29.6 Å². The molecule has 0 saturated carbocycles. The number of aldehydes is 1. The van der Waals surface area contributed by atoms with E-state index in [2.05, 4.69) is 0 Å². The normalized spacial score (nSPS) is 11.1. The van der Waals surface area contributed by atoms with Crippen LogP contribution in [-0.2, 0) is 10.0 Å². The smallest absolute Gasteiger partial charge is 0.232 e. The molecule has 0 spiro atoms. The molecular weight excluding hydrogens is 221 g/mol. The van der Waals surface area contributed by atoms with Gasteiger partial charge in [-0.2, -0.15) is 0 Å². The molecule has 1 aromatic rings. The predicted molar refractivity (Wildman–Crippen MR) is 55.0 cm³/mol. The van der Waals surface area contributed by atoms with E-state index in [1.807, 2.05) is 0 Å². The average Bonchev–Trinajstić information content (AvgIpc) is 2.16. The highest BCUT2D eigenvalue weighted by molar-refractivity contribution is 7.92. The molecule has 0 aliphatic rings. The Balaban J connectivity index is 3.30. The maximum Gasteiger partial charge on any atom is 0.232 e. The molecule has 15 heavy (non-hydrogen) atoms. The van der Waals surface area contributed by atoms with Crippen LogP contribution in [0.3, 0.4) is 0 Å². The van der Waals surface area contributed by atoms with Crippen molar-refractivity contribution in [3.63, 3.8) is 0 Å². The number of anilines is 1. The highest BCUT2D eigenvalue weighted by Crippen LogP contribution is 2.21. The van der Waals surface area contributed by atoms with E-state index in [1.54, 1.807) is 0 Å². The summed E-state index contributed by atoms with van der Waals surface area (Å²) in [4.78, 5) is 10.5. The summed E-state index contributed by atoms with van der Waals surface area (Å²) in [5, 5.41) is 0. The summed E-state index contributed by atoms with van der Waals surface area (Å²) in [5.74, 6) is -0.687. The topological polar surface area (TPSA) is 54.5 Å². The van der Waals surface area contributed by atoms with Crippen molar-refractivity contribution in [2.75, 3.05) is 17.6 Å². The standard InChI is InChI=1S/C9H10FNO3S/c1-11(15(2,13)14)9-5-7(6-12)3-4-8(9)10/h3-6H,1-2H3. The SMILES string of the molecule is CN(c1cc(C=O)ccc1F)S(C)(=O)=O. The van der Waals surface area contributed by atoms with Gasteiger partial charge in [0.2, 0.25) is 10.0 Å². The molecule has 0 aromatic heterocycles. The van der Waals surface area contributed by atoms with E-state index >= 15 is 0 Å². The Morgan fingerprint density at radius 2 is 2.00 bits per heavy atom. The zero-order valence-corrected chi connectivity index (χ0v) is 9.08. The van der Waals surface area contributed by atoms with Gasteiger partial charge in [0.1, 0.15) is 12.1 Å². The first-order chi connectivity index (χ1) is 6.86. The van der Waals surface area contributed by atoms with Crippen LogP contribution in [0.2, 0.25) is 0 Å². The summed E-state index contributed by atoms with van der Waals surface area (Å²) >= 11 is 0. The summed E-state index contributed by atoms with van der Waals surface area (Å²) in [6.07, 6.45) is 1.49. The first kappa shape index (κ1) is 11.6. The summed E-state index contributed by atoms with van der Waals surface area (Å²) in [6.45, 7) is 0. The molecule has 1 rings (SSSR count). The van der Waals surface area contributed by atoms with E-state index in [4.69, 9.17) is 0 Å². The maximum atomic E-state index is 13.3. The van der Waals surface area contributed by atoms with Crippen LogP contribution in [0.15, 0.2) is 18.2 Å². The Hall–Kier alpha value is -1.43. The maximum absolute atomic E-state index is 13.3. The minimum atomic E-state index is -3.53. The van der Waals surface area contributed by atoms with Gasteiger partial charge in [-0.1, -0.05) is 0 Å². The summed E-state index contributed by atoms with van der Waals surface area (Å²) in [5.41, 5.74) is 0.0870. The van der Waals surface area contributed by atoms with Gasteiger partial charge in [-0.05, 0) is 18.2 Å². The van der Waals surface area contributed by atoms with Gasteiger partial charge in [-0.15, -0.1) is 0 Å². The molecule has 4 nitrogen and oxygen atoms in total. The van der Waals surface area contributed by atoms with Crippen LogP contribution >= 0.6 is 0 Å². The minimum absolute atomic E-state index is 0.137. The molecule has 0 heterocycles. The number of halogens is 1. The first-order valence-corrected chi connectivity index (χ1v) is 5.89. The Kier molecular flexibility index (Phi) is 3.09. The Labute approximate surface area is 87.4 Å². The molecule has 82 valence electrons. The quantitative estimate of drug-likeness (QED) is 0.730. The summed E-state index contributed by atoms with van der Waals surface area (Å²) < 4.78 is 36.4. The van der Waals surface area contributed by atoms with Crippen LogP contribution in [0.4, 0.5) is 10.1 Å². The third-order valence-electron chi connectivity index (χ3n) is 1.94. The fraction of sp³-hybridized carbons (Fsp3) is 0.222. The fourth-order valence-corrected chi connectivity index (χ4v) is 1.52. The fourth-order valence-electron chi connectivity index (χ4n) is 1.02. The van der Waals surface area contributed by atoms with Crippen molar-refractivity contribution in [2.45, 2.75) is 0 Å². The molecule has 0 amide bonds. The van der Waals surface area contributed by atoms with Gasteiger partial charge < -0.3 is 0 Å². The van der Waals surface area contributed by atoms with Crippen LogP contribution in [0, 0.1) is 5.82 Å². The summed E-state index contributed by atoms with van der Waals surface area (Å²) in [7, 11) is -2.30. The number of nitrogens with zero attached hydrogens (tertiary/aromatic N) is 1. The van der Waals surface area contributed by atoms with Crippen molar-refractivity contribution >= 4 is 22.0 Å². The predicted octanol–water partition coefficient (Wildman–Crippen LogP) is 1.03. The van der Waals surface area contributed by atoms with Crippen molar-refractivity contribution < 1.29 is 17.6 Å². The number of benzene rings is 1. The first-order valence-electron chi connectivity index (χ1n) is 4.05. The van der Waals surface area contributed by atoms with Crippen LogP contribution in [-0.4, -0.2) is 28.0 Å². The lowest BCUT2D eigenvalue weighted by atomic mass is 10.2.